The molecule has 0 radical (unpaired) electrons. The Bertz CT molecular complexity index is 801. The molecule has 2 bridgehead atoms. The van der Waals surface area contributed by atoms with Crippen LogP contribution >= 0.6 is 22.9 Å². The van der Waals surface area contributed by atoms with Crippen molar-refractivity contribution in [3.8, 4) is 0 Å². The van der Waals surface area contributed by atoms with Crippen LogP contribution in [0.3, 0.4) is 0 Å². The molecule has 1 saturated carbocycles. The number of nitrogens with one attached hydrogen (secondary N) is 1. The summed E-state index contributed by atoms with van der Waals surface area (Å²) in [5.41, 5.74) is 2.73. The Hall–Kier alpha value is -0.950. The Kier molecular flexibility index (Phi) is 3.96. The topological polar surface area (TPSA) is 59.1 Å². The summed E-state index contributed by atoms with van der Waals surface area (Å²) in [7, 11) is -3.55. The first-order valence-corrected chi connectivity index (χ1v) is 10.4. The summed E-state index contributed by atoms with van der Waals surface area (Å²) < 4.78 is 28.6. The van der Waals surface area contributed by atoms with Crippen molar-refractivity contribution in [3.05, 3.63) is 46.1 Å². The van der Waals surface area contributed by atoms with Crippen LogP contribution in [0.5, 0.6) is 0 Å². The first-order valence-electron chi connectivity index (χ1n) is 7.73. The molecule has 1 fully saturated rings. The van der Waals surface area contributed by atoms with E-state index in [9.17, 15) is 8.42 Å². The van der Waals surface area contributed by atoms with Gasteiger partial charge in [-0.15, -0.1) is 0 Å². The van der Waals surface area contributed by atoms with Crippen LogP contribution in [-0.4, -0.2) is 19.4 Å². The molecule has 2 aromatic rings. The van der Waals surface area contributed by atoms with Crippen LogP contribution in [0.25, 0.3) is 0 Å². The molecule has 1 aromatic carbocycles. The lowest BCUT2D eigenvalue weighted by Crippen LogP contribution is -2.41. The zero-order valence-corrected chi connectivity index (χ0v) is 14.8. The quantitative estimate of drug-likeness (QED) is 0.904. The minimum absolute atomic E-state index is 0.00623. The fraction of sp³-hybridized carbons (Fsp3) is 0.438. The normalized spacial score (nSPS) is 26.7. The summed E-state index contributed by atoms with van der Waals surface area (Å²) in [6.07, 6.45) is 5.39. The standard InChI is InChI=1S/C16H17ClN2O2S2/c17-16-18-9-14(22-16)23(20,21)19-15-12-5-6-13(15)8-11-4-2-1-3-10(11)7-12/h1-4,9,12-13,15,19H,5-8H2. The van der Waals surface area contributed by atoms with Crippen LogP contribution < -0.4 is 4.72 Å². The lowest BCUT2D eigenvalue weighted by molar-refractivity contribution is 0.386. The Morgan fingerprint density at radius 2 is 1.74 bits per heavy atom. The molecule has 2 atom stereocenters. The van der Waals surface area contributed by atoms with Crippen molar-refractivity contribution in [2.45, 2.75) is 35.9 Å². The minimum Gasteiger partial charge on any atom is -0.232 e. The molecular weight excluding hydrogens is 352 g/mol. The van der Waals surface area contributed by atoms with Crippen LogP contribution in [0.15, 0.2) is 34.7 Å². The summed E-state index contributed by atoms with van der Waals surface area (Å²) in [6, 6.07) is 8.47. The molecular formula is C16H17ClN2O2S2. The lowest BCUT2D eigenvalue weighted by atomic mass is 9.94. The average Bonchev–Trinajstić information content (AvgIpc) is 3.04. The van der Waals surface area contributed by atoms with Crippen molar-refractivity contribution in [2.75, 3.05) is 0 Å². The highest BCUT2D eigenvalue weighted by molar-refractivity contribution is 7.91. The predicted molar refractivity (Wildman–Crippen MR) is 91.3 cm³/mol. The van der Waals surface area contributed by atoms with Crippen molar-refractivity contribution in [2.24, 2.45) is 11.8 Å². The van der Waals surface area contributed by atoms with Crippen molar-refractivity contribution >= 4 is 33.0 Å². The molecule has 0 saturated heterocycles. The molecule has 2 aliphatic rings. The SMILES string of the molecule is O=S(=O)(NC1C2CCC1Cc1ccccc1C2)c1cnc(Cl)s1. The molecule has 4 rings (SSSR count). The van der Waals surface area contributed by atoms with E-state index in [1.807, 2.05) is 0 Å². The van der Waals surface area contributed by atoms with Gasteiger partial charge >= 0.3 is 0 Å². The van der Waals surface area contributed by atoms with E-state index < -0.39 is 10.0 Å². The molecule has 0 aliphatic heterocycles. The van der Waals surface area contributed by atoms with E-state index in [0.717, 1.165) is 37.0 Å². The maximum Gasteiger partial charge on any atom is 0.251 e. The van der Waals surface area contributed by atoms with Gasteiger partial charge in [0.05, 0.1) is 6.20 Å². The molecule has 2 aliphatic carbocycles. The average molecular weight is 369 g/mol. The van der Waals surface area contributed by atoms with Crippen LogP contribution in [0.4, 0.5) is 0 Å². The molecule has 23 heavy (non-hydrogen) atoms. The van der Waals surface area contributed by atoms with Gasteiger partial charge in [-0.3, -0.25) is 0 Å². The Labute approximate surface area is 145 Å². The van der Waals surface area contributed by atoms with Crippen LogP contribution in [0.1, 0.15) is 24.0 Å². The lowest BCUT2D eigenvalue weighted by Gasteiger charge is -2.23. The second-order valence-electron chi connectivity index (χ2n) is 6.35. The Balaban J connectivity index is 1.61. The highest BCUT2D eigenvalue weighted by atomic mass is 35.5. The van der Waals surface area contributed by atoms with Gasteiger partial charge in [-0.25, -0.2) is 18.1 Å². The first kappa shape index (κ1) is 15.6. The van der Waals surface area contributed by atoms with Crippen molar-refractivity contribution in [3.63, 3.8) is 0 Å². The van der Waals surface area contributed by atoms with Gasteiger partial charge in [0, 0.05) is 6.04 Å². The summed E-state index contributed by atoms with van der Waals surface area (Å²) in [4.78, 5) is 3.85. The van der Waals surface area contributed by atoms with Crippen LogP contribution in [0.2, 0.25) is 4.47 Å². The first-order chi connectivity index (χ1) is 11.0. The van der Waals surface area contributed by atoms with Gasteiger partial charge in [0.25, 0.3) is 10.0 Å². The highest BCUT2D eigenvalue weighted by Gasteiger charge is 2.41. The van der Waals surface area contributed by atoms with Gasteiger partial charge in [0.1, 0.15) is 0 Å². The number of halogens is 1. The molecule has 122 valence electrons. The molecule has 7 heteroatoms. The van der Waals surface area contributed by atoms with E-state index in [2.05, 4.69) is 34.0 Å². The molecule has 2 unspecified atom stereocenters. The Morgan fingerprint density at radius 3 is 2.26 bits per heavy atom. The molecule has 1 heterocycles. The number of fused-ring (bicyclic) bond motifs is 3. The van der Waals surface area contributed by atoms with E-state index in [0.29, 0.717) is 11.8 Å². The molecule has 1 aromatic heterocycles. The monoisotopic (exact) mass is 368 g/mol. The number of rotatable bonds is 3. The van der Waals surface area contributed by atoms with Crippen molar-refractivity contribution in [1.29, 1.82) is 0 Å². The smallest absolute Gasteiger partial charge is 0.232 e. The van der Waals surface area contributed by atoms with E-state index in [4.69, 9.17) is 11.6 Å². The van der Waals surface area contributed by atoms with E-state index in [1.165, 1.54) is 17.3 Å². The zero-order chi connectivity index (χ0) is 16.0. The maximum absolute atomic E-state index is 12.6. The van der Waals surface area contributed by atoms with E-state index in [-0.39, 0.29) is 14.7 Å². The third kappa shape index (κ3) is 2.93. The largest absolute Gasteiger partial charge is 0.251 e. The second kappa shape index (κ2) is 5.84. The fourth-order valence-electron chi connectivity index (χ4n) is 3.94. The highest BCUT2D eigenvalue weighted by Crippen LogP contribution is 2.40. The predicted octanol–water partition coefficient (Wildman–Crippen LogP) is 3.27. The third-order valence-corrected chi connectivity index (χ3v) is 8.05. The van der Waals surface area contributed by atoms with Gasteiger partial charge in [-0.1, -0.05) is 47.2 Å². The number of aromatic nitrogens is 1. The maximum atomic E-state index is 12.6. The van der Waals surface area contributed by atoms with E-state index in [1.54, 1.807) is 0 Å². The minimum atomic E-state index is -3.55. The van der Waals surface area contributed by atoms with Gasteiger partial charge < -0.3 is 0 Å². The van der Waals surface area contributed by atoms with Crippen molar-refractivity contribution < 1.29 is 8.42 Å². The van der Waals surface area contributed by atoms with E-state index >= 15 is 0 Å². The van der Waals surface area contributed by atoms with Crippen molar-refractivity contribution in [1.82, 2.24) is 9.71 Å². The number of hydrogen-bond acceptors (Lipinski definition) is 4. The second-order valence-corrected chi connectivity index (χ2v) is 9.91. The number of hydrogen-bond donors (Lipinski definition) is 1. The number of nitrogens with zero attached hydrogens (tertiary/aromatic N) is 1. The summed E-state index contributed by atoms with van der Waals surface area (Å²) >= 11 is 6.78. The van der Waals surface area contributed by atoms with Gasteiger partial charge in [0.15, 0.2) is 8.68 Å². The fourth-order valence-corrected chi connectivity index (χ4v) is 6.63. The number of thiazole rings is 1. The number of benzene rings is 1. The van der Waals surface area contributed by atoms with Crippen LogP contribution in [0, 0.1) is 11.8 Å². The molecule has 1 N–H and O–H groups in total. The summed E-state index contributed by atoms with van der Waals surface area (Å²) in [6.45, 7) is 0. The van der Waals surface area contributed by atoms with Gasteiger partial charge in [-0.05, 0) is 48.6 Å². The number of sulfonamides is 1. The van der Waals surface area contributed by atoms with Gasteiger partial charge in [0.2, 0.25) is 0 Å². The summed E-state index contributed by atoms with van der Waals surface area (Å²) in [5, 5.41) is 0. The van der Waals surface area contributed by atoms with Crippen LogP contribution in [-0.2, 0) is 22.9 Å². The Morgan fingerprint density at radius 1 is 1.13 bits per heavy atom. The summed E-state index contributed by atoms with van der Waals surface area (Å²) in [5.74, 6) is 0.726. The van der Waals surface area contributed by atoms with Gasteiger partial charge in [-0.2, -0.15) is 0 Å². The zero-order valence-electron chi connectivity index (χ0n) is 12.4. The molecule has 4 nitrogen and oxygen atoms in total. The molecule has 0 spiro atoms. The third-order valence-electron chi connectivity index (χ3n) is 5.02. The molecule has 0 amide bonds.